The van der Waals surface area contributed by atoms with E-state index in [1.54, 1.807) is 0 Å². The fourth-order valence-electron chi connectivity index (χ4n) is 2.18. The Labute approximate surface area is 112 Å². The molecule has 0 aliphatic carbocycles. The van der Waals surface area contributed by atoms with Gasteiger partial charge in [-0.1, -0.05) is 41.5 Å². The summed E-state index contributed by atoms with van der Waals surface area (Å²) in [7, 11) is 0. The lowest BCUT2D eigenvalue weighted by molar-refractivity contribution is 0.407. The van der Waals surface area contributed by atoms with Crippen LogP contribution in [0.5, 0.6) is 0 Å². The Kier molecular flexibility index (Phi) is 4.83. The van der Waals surface area contributed by atoms with Crippen LogP contribution in [0, 0.1) is 11.3 Å². The summed E-state index contributed by atoms with van der Waals surface area (Å²) in [6, 6.07) is 0. The van der Waals surface area contributed by atoms with E-state index in [2.05, 4.69) is 46.1 Å². The Hall–Kier alpha value is -0.990. The number of hydrogen-bond donors (Lipinski definition) is 1. The van der Waals surface area contributed by atoms with Gasteiger partial charge in [-0.25, -0.2) is 4.98 Å². The second-order valence-electron chi connectivity index (χ2n) is 6.85. The van der Waals surface area contributed by atoms with E-state index in [1.807, 2.05) is 0 Å². The van der Waals surface area contributed by atoms with Crippen LogP contribution in [0.15, 0.2) is 0 Å². The van der Waals surface area contributed by atoms with Gasteiger partial charge in [0.1, 0.15) is 11.6 Å². The van der Waals surface area contributed by atoms with Crippen LogP contribution in [0.25, 0.3) is 0 Å². The summed E-state index contributed by atoms with van der Waals surface area (Å²) < 4.78 is 2.22. The Morgan fingerprint density at radius 3 is 2.33 bits per heavy atom. The van der Waals surface area contributed by atoms with Crippen molar-refractivity contribution in [3.8, 4) is 0 Å². The predicted molar refractivity (Wildman–Crippen MR) is 78.6 cm³/mol. The maximum Gasteiger partial charge on any atom is 0.126 e. The van der Waals surface area contributed by atoms with Gasteiger partial charge in [-0.3, -0.25) is 0 Å². The lowest BCUT2D eigenvalue weighted by atomic mass is 9.90. The van der Waals surface area contributed by atoms with E-state index in [4.69, 9.17) is 10.7 Å². The molecule has 1 rings (SSSR count). The number of imidazole rings is 1. The molecule has 2 N–H and O–H groups in total. The van der Waals surface area contributed by atoms with E-state index in [-0.39, 0.29) is 5.41 Å². The van der Waals surface area contributed by atoms with Crippen LogP contribution in [-0.2, 0) is 19.4 Å². The minimum Gasteiger partial charge on any atom is -0.384 e. The fourth-order valence-corrected chi connectivity index (χ4v) is 2.18. The van der Waals surface area contributed by atoms with E-state index in [1.165, 1.54) is 0 Å². The number of nitrogens with two attached hydrogens (primary N) is 1. The third-order valence-electron chi connectivity index (χ3n) is 2.88. The molecule has 18 heavy (non-hydrogen) atoms. The number of aromatic nitrogens is 2. The summed E-state index contributed by atoms with van der Waals surface area (Å²) >= 11 is 0. The van der Waals surface area contributed by atoms with Gasteiger partial charge in [-0.2, -0.15) is 0 Å². The van der Waals surface area contributed by atoms with E-state index in [0.717, 1.165) is 43.1 Å². The van der Waals surface area contributed by atoms with Crippen molar-refractivity contribution in [2.24, 2.45) is 11.3 Å². The Morgan fingerprint density at radius 2 is 1.89 bits per heavy atom. The summed E-state index contributed by atoms with van der Waals surface area (Å²) in [5, 5.41) is 0. The first-order valence-corrected chi connectivity index (χ1v) is 7.08. The van der Waals surface area contributed by atoms with Crippen LogP contribution in [0.2, 0.25) is 0 Å². The summed E-state index contributed by atoms with van der Waals surface area (Å²) in [5.74, 6) is 2.63. The molecule has 1 heterocycles. The molecule has 1 aromatic heterocycles. The van der Waals surface area contributed by atoms with Crippen LogP contribution in [0.1, 0.15) is 59.5 Å². The summed E-state index contributed by atoms with van der Waals surface area (Å²) in [6.07, 6.45) is 3.07. The smallest absolute Gasteiger partial charge is 0.126 e. The van der Waals surface area contributed by atoms with E-state index in [0.29, 0.717) is 5.92 Å². The molecule has 0 saturated heterocycles. The van der Waals surface area contributed by atoms with Crippen molar-refractivity contribution >= 4 is 5.82 Å². The maximum absolute atomic E-state index is 6.29. The highest BCUT2D eigenvalue weighted by molar-refractivity contribution is 5.39. The van der Waals surface area contributed by atoms with Crippen molar-refractivity contribution in [1.82, 2.24) is 9.55 Å². The van der Waals surface area contributed by atoms with Crippen LogP contribution in [0.4, 0.5) is 5.82 Å². The van der Waals surface area contributed by atoms with Gasteiger partial charge in [0.15, 0.2) is 0 Å². The average Bonchev–Trinajstić information content (AvgIpc) is 2.44. The van der Waals surface area contributed by atoms with Gasteiger partial charge in [0.05, 0.1) is 5.69 Å². The predicted octanol–water partition coefficient (Wildman–Crippen LogP) is 3.66. The van der Waals surface area contributed by atoms with Crippen LogP contribution < -0.4 is 5.73 Å². The summed E-state index contributed by atoms with van der Waals surface area (Å²) in [6.45, 7) is 14.3. The highest BCUT2D eigenvalue weighted by Gasteiger charge is 2.20. The van der Waals surface area contributed by atoms with Crippen LogP contribution in [0.3, 0.4) is 0 Å². The quantitative estimate of drug-likeness (QED) is 0.868. The molecular weight excluding hydrogens is 222 g/mol. The van der Waals surface area contributed by atoms with Gasteiger partial charge < -0.3 is 10.3 Å². The SMILES string of the molecule is CCCc1nc(CC(C)(C)C)c(N)n1CC(C)C. The number of anilines is 1. The summed E-state index contributed by atoms with van der Waals surface area (Å²) in [4.78, 5) is 4.78. The standard InChI is InChI=1S/C15H29N3/c1-7-8-13-17-12(9-15(4,5)6)14(16)18(13)10-11(2)3/h11H,7-10,16H2,1-6H3. The maximum atomic E-state index is 6.29. The van der Waals surface area contributed by atoms with Crippen molar-refractivity contribution in [1.29, 1.82) is 0 Å². The zero-order valence-corrected chi connectivity index (χ0v) is 12.9. The molecule has 0 amide bonds. The molecular formula is C15H29N3. The van der Waals surface area contributed by atoms with Gasteiger partial charge in [-0.05, 0) is 24.2 Å². The number of nitrogens with zero attached hydrogens (tertiary/aromatic N) is 2. The number of aryl methyl sites for hydroxylation is 1. The Balaban J connectivity index is 3.06. The average molecular weight is 251 g/mol. The second kappa shape index (κ2) is 5.77. The van der Waals surface area contributed by atoms with Crippen LogP contribution >= 0.6 is 0 Å². The normalized spacial score (nSPS) is 12.4. The molecule has 0 saturated carbocycles. The first-order valence-electron chi connectivity index (χ1n) is 7.08. The zero-order valence-electron chi connectivity index (χ0n) is 12.9. The largest absolute Gasteiger partial charge is 0.384 e. The summed E-state index contributed by atoms with van der Waals surface area (Å²) in [5.41, 5.74) is 7.60. The number of rotatable bonds is 5. The second-order valence-corrected chi connectivity index (χ2v) is 6.85. The van der Waals surface area contributed by atoms with Gasteiger partial charge in [-0.15, -0.1) is 0 Å². The van der Waals surface area contributed by atoms with E-state index >= 15 is 0 Å². The monoisotopic (exact) mass is 251 g/mol. The molecule has 0 radical (unpaired) electrons. The molecule has 0 aliphatic rings. The first-order chi connectivity index (χ1) is 8.24. The fraction of sp³-hybridized carbons (Fsp3) is 0.800. The van der Waals surface area contributed by atoms with E-state index in [9.17, 15) is 0 Å². The topological polar surface area (TPSA) is 43.8 Å². The molecule has 0 fully saturated rings. The van der Waals surface area contributed by atoms with Crippen LogP contribution in [-0.4, -0.2) is 9.55 Å². The number of nitrogen functional groups attached to an aromatic ring is 1. The molecule has 0 aliphatic heterocycles. The molecule has 0 aromatic carbocycles. The molecule has 3 heteroatoms. The zero-order chi connectivity index (χ0) is 13.9. The molecule has 0 spiro atoms. The van der Waals surface area contributed by atoms with Crippen molar-refractivity contribution in [2.75, 3.05) is 5.73 Å². The molecule has 3 nitrogen and oxygen atoms in total. The third kappa shape index (κ3) is 4.04. The first kappa shape index (κ1) is 15.1. The highest BCUT2D eigenvalue weighted by Crippen LogP contribution is 2.26. The Bertz CT molecular complexity index is 383. The molecule has 0 bridgehead atoms. The van der Waals surface area contributed by atoms with Crippen molar-refractivity contribution in [2.45, 2.75) is 67.3 Å². The Morgan fingerprint density at radius 1 is 1.28 bits per heavy atom. The third-order valence-corrected chi connectivity index (χ3v) is 2.88. The minimum absolute atomic E-state index is 0.231. The molecule has 1 aromatic rings. The van der Waals surface area contributed by atoms with E-state index < -0.39 is 0 Å². The molecule has 104 valence electrons. The van der Waals surface area contributed by atoms with Gasteiger partial charge in [0, 0.05) is 13.0 Å². The lowest BCUT2D eigenvalue weighted by Gasteiger charge is -2.17. The van der Waals surface area contributed by atoms with Gasteiger partial charge >= 0.3 is 0 Å². The lowest BCUT2D eigenvalue weighted by Crippen LogP contribution is -2.13. The van der Waals surface area contributed by atoms with Crippen molar-refractivity contribution in [3.05, 3.63) is 11.5 Å². The molecule has 0 atom stereocenters. The minimum atomic E-state index is 0.231. The van der Waals surface area contributed by atoms with Crippen molar-refractivity contribution < 1.29 is 0 Å². The van der Waals surface area contributed by atoms with Gasteiger partial charge in [0.2, 0.25) is 0 Å². The number of hydrogen-bond acceptors (Lipinski definition) is 2. The highest BCUT2D eigenvalue weighted by atomic mass is 15.1. The van der Waals surface area contributed by atoms with Gasteiger partial charge in [0.25, 0.3) is 0 Å². The molecule has 0 unspecified atom stereocenters. The van der Waals surface area contributed by atoms with Crippen molar-refractivity contribution in [3.63, 3.8) is 0 Å².